The van der Waals surface area contributed by atoms with Crippen molar-refractivity contribution >= 4 is 34.3 Å². The molecule has 20 heavy (non-hydrogen) atoms. The van der Waals surface area contributed by atoms with E-state index in [0.717, 1.165) is 5.56 Å². The minimum atomic E-state index is -1.42. The predicted octanol–water partition coefficient (Wildman–Crippen LogP) is 3.54. The van der Waals surface area contributed by atoms with Crippen molar-refractivity contribution in [2.24, 2.45) is 5.73 Å². The average Bonchev–Trinajstić information content (AvgIpc) is 2.99. The van der Waals surface area contributed by atoms with Crippen molar-refractivity contribution < 1.29 is 9.53 Å². The molecule has 2 heterocycles. The minimum absolute atomic E-state index is 0.236. The van der Waals surface area contributed by atoms with Crippen LogP contribution in [-0.2, 0) is 15.3 Å². The zero-order chi connectivity index (χ0) is 14.3. The number of allylic oxidation sites excluding steroid dienone is 1. The number of carbonyl (C=O) groups excluding carboxylic acids is 1. The Bertz CT molecular complexity index is 708. The van der Waals surface area contributed by atoms with Gasteiger partial charge in [-0.3, -0.25) is 10.5 Å². The Labute approximate surface area is 125 Å². The van der Waals surface area contributed by atoms with Crippen molar-refractivity contribution in [3.63, 3.8) is 0 Å². The van der Waals surface area contributed by atoms with Crippen LogP contribution in [0.3, 0.4) is 0 Å². The average molecular weight is 306 g/mol. The monoisotopic (exact) mass is 305 g/mol. The molecule has 0 saturated carbocycles. The van der Waals surface area contributed by atoms with Crippen LogP contribution >= 0.6 is 22.9 Å². The van der Waals surface area contributed by atoms with Gasteiger partial charge in [0.05, 0.1) is 10.5 Å². The summed E-state index contributed by atoms with van der Waals surface area (Å²) >= 11 is 7.39. The molecular formula is C15H12ClNO2S. The number of hydrogen-bond acceptors (Lipinski definition) is 4. The number of halogens is 1. The molecule has 2 aromatic rings. The van der Waals surface area contributed by atoms with Gasteiger partial charge in [-0.25, -0.2) is 0 Å². The van der Waals surface area contributed by atoms with Crippen LogP contribution in [0.4, 0.5) is 0 Å². The fraction of sp³-hybridized carbons (Fsp3) is 0.133. The second-order valence-electron chi connectivity index (χ2n) is 4.59. The number of Topliss-reactive ketones (excluding diaryl/α,β-unsaturated/α-hetero) is 1. The Balaban J connectivity index is 2.06. The number of carbonyl (C=O) groups is 1. The van der Waals surface area contributed by atoms with Crippen molar-refractivity contribution in [2.75, 3.05) is 0 Å². The molecule has 1 aliphatic rings. The molecule has 0 amide bonds. The largest absolute Gasteiger partial charge is 0.464 e. The van der Waals surface area contributed by atoms with Crippen LogP contribution in [0.1, 0.15) is 17.4 Å². The van der Waals surface area contributed by atoms with Gasteiger partial charge < -0.3 is 4.74 Å². The lowest BCUT2D eigenvalue weighted by Gasteiger charge is -2.21. The predicted molar refractivity (Wildman–Crippen MR) is 80.3 cm³/mol. The highest BCUT2D eigenvalue weighted by Gasteiger charge is 2.47. The molecule has 5 heteroatoms. The lowest BCUT2D eigenvalue weighted by Crippen LogP contribution is -2.43. The summed E-state index contributed by atoms with van der Waals surface area (Å²) in [7, 11) is 0. The van der Waals surface area contributed by atoms with Gasteiger partial charge in [-0.1, -0.05) is 29.8 Å². The maximum atomic E-state index is 12.7. The first-order valence-electron chi connectivity index (χ1n) is 6.06. The Morgan fingerprint density at radius 2 is 2.10 bits per heavy atom. The van der Waals surface area contributed by atoms with Gasteiger partial charge in [-0.2, -0.15) is 0 Å². The van der Waals surface area contributed by atoms with E-state index in [2.05, 4.69) is 0 Å². The van der Waals surface area contributed by atoms with Crippen LogP contribution in [0.15, 0.2) is 47.5 Å². The first-order chi connectivity index (χ1) is 9.52. The summed E-state index contributed by atoms with van der Waals surface area (Å²) in [6, 6.07) is 10.8. The fourth-order valence-electron chi connectivity index (χ4n) is 2.31. The summed E-state index contributed by atoms with van der Waals surface area (Å²) in [5, 5.41) is 2.44. The molecule has 0 bridgehead atoms. The molecule has 3 nitrogen and oxygen atoms in total. The molecule has 3 rings (SSSR count). The van der Waals surface area contributed by atoms with Crippen molar-refractivity contribution in [1.82, 2.24) is 0 Å². The van der Waals surface area contributed by atoms with Gasteiger partial charge in [-0.15, -0.1) is 11.3 Å². The fourth-order valence-corrected chi connectivity index (χ4v) is 3.28. The molecule has 1 aromatic carbocycles. The summed E-state index contributed by atoms with van der Waals surface area (Å²) in [6.45, 7) is 1.75. The highest BCUT2D eigenvalue weighted by molar-refractivity contribution is 7.10. The number of thiophene rings is 1. The third-order valence-corrected chi connectivity index (χ3v) is 4.45. The van der Waals surface area contributed by atoms with E-state index in [-0.39, 0.29) is 5.78 Å². The van der Waals surface area contributed by atoms with E-state index in [4.69, 9.17) is 22.1 Å². The normalized spacial score (nSPS) is 22.2. The Hall–Kier alpha value is -1.62. The van der Waals surface area contributed by atoms with Gasteiger partial charge in [0.2, 0.25) is 5.78 Å². The Kier molecular flexibility index (Phi) is 3.17. The first-order valence-corrected chi connectivity index (χ1v) is 7.31. The number of ketones is 1. The molecule has 0 saturated heterocycles. The molecule has 2 N–H and O–H groups in total. The lowest BCUT2D eigenvalue weighted by molar-refractivity contribution is -0.129. The Morgan fingerprint density at radius 3 is 2.75 bits per heavy atom. The van der Waals surface area contributed by atoms with E-state index in [9.17, 15) is 4.79 Å². The van der Waals surface area contributed by atoms with Gasteiger partial charge in [-0.05, 0) is 36.1 Å². The zero-order valence-corrected chi connectivity index (χ0v) is 12.3. The second-order valence-corrected chi connectivity index (χ2v) is 5.97. The lowest BCUT2D eigenvalue weighted by atomic mass is 9.96. The molecule has 0 spiro atoms. The summed E-state index contributed by atoms with van der Waals surface area (Å²) in [4.78, 5) is 13.4. The molecule has 102 valence electrons. The third-order valence-electron chi connectivity index (χ3n) is 3.23. The number of ether oxygens (including phenoxy) is 1. The maximum Gasteiger partial charge on any atom is 0.257 e. The van der Waals surface area contributed by atoms with Crippen molar-refractivity contribution in [1.29, 1.82) is 0 Å². The van der Waals surface area contributed by atoms with Crippen molar-refractivity contribution in [3.05, 3.63) is 63.0 Å². The zero-order valence-electron chi connectivity index (χ0n) is 10.7. The number of rotatable bonds is 2. The summed E-state index contributed by atoms with van der Waals surface area (Å²) in [5.74, 6) is 0.285. The molecular weight excluding hydrogens is 294 g/mol. The van der Waals surface area contributed by atoms with Gasteiger partial charge in [0.15, 0.2) is 0 Å². The van der Waals surface area contributed by atoms with E-state index in [1.165, 1.54) is 11.3 Å². The van der Waals surface area contributed by atoms with Crippen molar-refractivity contribution in [2.45, 2.75) is 12.6 Å². The summed E-state index contributed by atoms with van der Waals surface area (Å²) in [6.07, 6.45) is 0. The van der Waals surface area contributed by atoms with E-state index >= 15 is 0 Å². The number of nitrogens with two attached hydrogens (primary N) is 1. The molecule has 1 aromatic heterocycles. The topological polar surface area (TPSA) is 52.3 Å². The quantitative estimate of drug-likeness (QED) is 0.923. The molecule has 1 aliphatic heterocycles. The smallest absolute Gasteiger partial charge is 0.257 e. The Morgan fingerprint density at radius 1 is 1.30 bits per heavy atom. The van der Waals surface area contributed by atoms with E-state index < -0.39 is 5.72 Å². The summed E-state index contributed by atoms with van der Waals surface area (Å²) < 4.78 is 5.69. The maximum absolute atomic E-state index is 12.7. The highest BCUT2D eigenvalue weighted by atomic mass is 35.5. The van der Waals surface area contributed by atoms with Crippen LogP contribution in [0, 0.1) is 0 Å². The minimum Gasteiger partial charge on any atom is -0.464 e. The summed E-state index contributed by atoms with van der Waals surface area (Å²) in [5.41, 5.74) is 5.98. The highest BCUT2D eigenvalue weighted by Crippen LogP contribution is 2.41. The molecule has 1 atom stereocenters. The van der Waals surface area contributed by atoms with E-state index in [1.54, 1.807) is 31.2 Å². The van der Waals surface area contributed by atoms with Gasteiger partial charge in [0.25, 0.3) is 5.72 Å². The first kappa shape index (κ1) is 13.4. The third kappa shape index (κ3) is 1.97. The molecule has 0 aliphatic carbocycles. The van der Waals surface area contributed by atoms with Gasteiger partial charge in [0, 0.05) is 5.02 Å². The van der Waals surface area contributed by atoms with Crippen LogP contribution in [0.5, 0.6) is 0 Å². The van der Waals surface area contributed by atoms with Gasteiger partial charge >= 0.3 is 0 Å². The second kappa shape index (κ2) is 4.74. The van der Waals surface area contributed by atoms with E-state index in [1.807, 2.05) is 17.5 Å². The van der Waals surface area contributed by atoms with Crippen LogP contribution < -0.4 is 5.73 Å². The van der Waals surface area contributed by atoms with Crippen molar-refractivity contribution in [3.8, 4) is 0 Å². The van der Waals surface area contributed by atoms with Crippen LogP contribution in [0.2, 0.25) is 5.02 Å². The number of benzene rings is 1. The van der Waals surface area contributed by atoms with Crippen LogP contribution in [0.25, 0.3) is 5.57 Å². The SMILES string of the molecule is CC1=C(c2cccc(Cl)c2)C(=O)C(N)(c2cccs2)O1. The van der Waals surface area contributed by atoms with Crippen LogP contribution in [-0.4, -0.2) is 5.78 Å². The molecule has 1 unspecified atom stereocenters. The molecule has 0 radical (unpaired) electrons. The van der Waals surface area contributed by atoms with Gasteiger partial charge in [0.1, 0.15) is 5.76 Å². The standard InChI is InChI=1S/C15H12ClNO2S/c1-9-13(10-4-2-5-11(16)8-10)14(18)15(17,19-9)12-6-3-7-20-12/h2-8H,17H2,1H3. The molecule has 0 fully saturated rings. The van der Waals surface area contributed by atoms with E-state index in [0.29, 0.717) is 21.2 Å². The number of hydrogen-bond donors (Lipinski definition) is 1.